The van der Waals surface area contributed by atoms with Crippen LogP contribution >= 0.6 is 22.7 Å². The summed E-state index contributed by atoms with van der Waals surface area (Å²) in [6, 6.07) is 17.7. The fourth-order valence-electron chi connectivity index (χ4n) is 5.49. The van der Waals surface area contributed by atoms with Crippen molar-refractivity contribution in [2.24, 2.45) is 5.92 Å². The Morgan fingerprint density at radius 3 is 1.97 bits per heavy atom. The van der Waals surface area contributed by atoms with Gasteiger partial charge in [0.2, 0.25) is 0 Å². The summed E-state index contributed by atoms with van der Waals surface area (Å²) >= 11 is 2.89. The van der Waals surface area contributed by atoms with Crippen LogP contribution in [0.2, 0.25) is 0 Å². The van der Waals surface area contributed by atoms with Crippen molar-refractivity contribution in [3.63, 3.8) is 0 Å². The Labute approximate surface area is 229 Å². The van der Waals surface area contributed by atoms with Crippen molar-refractivity contribution in [1.82, 2.24) is 4.90 Å². The van der Waals surface area contributed by atoms with E-state index >= 15 is 0 Å². The summed E-state index contributed by atoms with van der Waals surface area (Å²) in [6.07, 6.45) is 0. The molecule has 5 rings (SSSR count). The number of aliphatic carboxylic acids is 1. The quantitative estimate of drug-likeness (QED) is 0.255. The van der Waals surface area contributed by atoms with Gasteiger partial charge in [0.05, 0.1) is 12.0 Å². The molecule has 0 radical (unpaired) electrons. The number of thiophene rings is 2. The number of ketones is 1. The molecule has 1 fully saturated rings. The number of para-hydroxylation sites is 1. The molecule has 2 amide bonds. The van der Waals surface area contributed by atoms with Gasteiger partial charge in [-0.2, -0.15) is 0 Å². The third-order valence-electron chi connectivity index (χ3n) is 7.27. The minimum atomic E-state index is -1.24. The number of hydrogen-bond acceptors (Lipinski definition) is 5. The number of carbonyl (C=O) groups excluding carboxylic acids is 2. The number of amides is 2. The van der Waals surface area contributed by atoms with Crippen LogP contribution in [0.3, 0.4) is 0 Å². The number of anilines is 1. The number of nitrogens with one attached hydrogen (secondary N) is 1. The second kappa shape index (κ2) is 10.6. The van der Waals surface area contributed by atoms with Crippen LogP contribution in [0.1, 0.15) is 48.8 Å². The summed E-state index contributed by atoms with van der Waals surface area (Å²) in [5.74, 6) is -2.79. The first-order valence-corrected chi connectivity index (χ1v) is 14.1. The van der Waals surface area contributed by atoms with Gasteiger partial charge in [0, 0.05) is 26.9 Å². The number of likely N-dealkylation sites (tertiary alicyclic amines) is 1. The van der Waals surface area contributed by atoms with Crippen LogP contribution in [-0.2, 0) is 4.79 Å². The zero-order valence-electron chi connectivity index (χ0n) is 21.3. The Morgan fingerprint density at radius 1 is 0.789 bits per heavy atom. The average molecular weight is 545 g/mol. The Morgan fingerprint density at radius 2 is 1.39 bits per heavy atom. The molecule has 0 saturated carbocycles. The normalized spacial score (nSPS) is 20.9. The molecule has 0 spiro atoms. The fraction of sp³-hybridized carbons (Fsp3) is 0.233. The third kappa shape index (κ3) is 4.54. The van der Waals surface area contributed by atoms with E-state index in [0.717, 1.165) is 26.4 Å². The molecule has 4 aromatic rings. The molecular formula is C30H28N2O4S2. The van der Waals surface area contributed by atoms with E-state index in [1.165, 1.54) is 27.6 Å². The number of aryl methyl sites for hydroxylation is 3. The van der Waals surface area contributed by atoms with E-state index < -0.39 is 35.9 Å². The van der Waals surface area contributed by atoms with Gasteiger partial charge in [0.1, 0.15) is 6.04 Å². The van der Waals surface area contributed by atoms with Crippen molar-refractivity contribution in [2.45, 2.75) is 38.8 Å². The number of nitrogens with zero attached hydrogens (tertiary/aromatic N) is 1. The van der Waals surface area contributed by atoms with Gasteiger partial charge >= 0.3 is 12.0 Å². The first kappa shape index (κ1) is 25.9. The molecule has 2 aromatic heterocycles. The second-order valence-electron chi connectivity index (χ2n) is 9.60. The monoisotopic (exact) mass is 544 g/mol. The highest BCUT2D eigenvalue weighted by atomic mass is 32.1. The molecule has 8 heteroatoms. The number of benzene rings is 2. The van der Waals surface area contributed by atoms with Crippen LogP contribution < -0.4 is 5.32 Å². The SMILES string of the molecule is Cc1ccccc1C(=O)C1C(c2sccc2C)C(C(=O)O)N(C(=O)Nc2ccccc2)C1c1sccc1C. The van der Waals surface area contributed by atoms with Gasteiger partial charge in [-0.15, -0.1) is 22.7 Å². The number of hydrogen-bond donors (Lipinski definition) is 2. The minimum absolute atomic E-state index is 0.153. The third-order valence-corrected chi connectivity index (χ3v) is 9.48. The maximum Gasteiger partial charge on any atom is 0.327 e. The molecule has 0 aliphatic carbocycles. The molecule has 4 atom stereocenters. The van der Waals surface area contributed by atoms with Crippen molar-refractivity contribution in [3.05, 3.63) is 109 Å². The van der Waals surface area contributed by atoms with E-state index in [0.29, 0.717) is 11.3 Å². The van der Waals surface area contributed by atoms with Crippen molar-refractivity contribution in [1.29, 1.82) is 0 Å². The van der Waals surface area contributed by atoms with Gasteiger partial charge in [-0.1, -0.05) is 42.5 Å². The maximum atomic E-state index is 14.5. The standard InChI is InChI=1S/C30H28N2O4S2/c1-17-9-7-8-12-21(17)26(33)22-23(27-18(2)13-15-37-27)25(29(34)35)32(24(22)28-19(3)14-16-38-28)30(36)31-20-10-5-4-6-11-20/h4-16,22-25H,1-3H3,(H,31,36)(H,34,35). The van der Waals surface area contributed by atoms with E-state index in [1.807, 2.05) is 67.9 Å². The summed E-state index contributed by atoms with van der Waals surface area (Å²) in [4.78, 5) is 44.5. The highest BCUT2D eigenvalue weighted by molar-refractivity contribution is 7.10. The number of rotatable bonds is 6. The summed E-state index contributed by atoms with van der Waals surface area (Å²) in [7, 11) is 0. The largest absolute Gasteiger partial charge is 0.480 e. The topological polar surface area (TPSA) is 86.7 Å². The number of carboxylic acids is 1. The number of carbonyl (C=O) groups is 3. The summed E-state index contributed by atoms with van der Waals surface area (Å²) in [5.41, 5.74) is 3.76. The first-order chi connectivity index (χ1) is 18.3. The minimum Gasteiger partial charge on any atom is -0.480 e. The van der Waals surface area contributed by atoms with Gasteiger partial charge < -0.3 is 15.3 Å². The summed E-state index contributed by atoms with van der Waals surface area (Å²) in [6.45, 7) is 5.75. The zero-order valence-corrected chi connectivity index (χ0v) is 22.9. The highest BCUT2D eigenvalue weighted by Gasteiger charge is 2.59. The van der Waals surface area contributed by atoms with Gasteiger partial charge in [0.15, 0.2) is 5.78 Å². The first-order valence-electron chi connectivity index (χ1n) is 12.3. The fourth-order valence-corrected chi connectivity index (χ4v) is 7.67. The molecule has 2 N–H and O–H groups in total. The molecule has 1 aliphatic rings. The molecule has 2 aromatic carbocycles. The van der Waals surface area contributed by atoms with E-state index in [4.69, 9.17) is 0 Å². The molecule has 3 heterocycles. The Balaban J connectivity index is 1.74. The molecule has 1 aliphatic heterocycles. The molecule has 0 bridgehead atoms. The number of carboxylic acid groups (broad SMARTS) is 1. The molecule has 1 saturated heterocycles. The zero-order chi connectivity index (χ0) is 27.0. The maximum absolute atomic E-state index is 14.5. The van der Waals surface area contributed by atoms with E-state index in [9.17, 15) is 19.5 Å². The lowest BCUT2D eigenvalue weighted by Gasteiger charge is -2.30. The average Bonchev–Trinajstić information content (AvgIpc) is 3.60. The predicted molar refractivity (Wildman–Crippen MR) is 151 cm³/mol. The van der Waals surface area contributed by atoms with E-state index in [1.54, 1.807) is 30.3 Å². The lowest BCUT2D eigenvalue weighted by Crippen LogP contribution is -2.45. The van der Waals surface area contributed by atoms with Gasteiger partial charge in [-0.25, -0.2) is 9.59 Å². The molecule has 4 unspecified atom stereocenters. The second-order valence-corrected chi connectivity index (χ2v) is 11.5. The van der Waals surface area contributed by atoms with Crippen molar-refractivity contribution < 1.29 is 19.5 Å². The molecular weight excluding hydrogens is 516 g/mol. The predicted octanol–water partition coefficient (Wildman–Crippen LogP) is 7.06. The lowest BCUT2D eigenvalue weighted by atomic mass is 9.78. The van der Waals surface area contributed by atoms with Gasteiger partial charge in [-0.3, -0.25) is 4.79 Å². The van der Waals surface area contributed by atoms with Crippen LogP contribution in [0, 0.1) is 26.7 Å². The number of urea groups is 1. The van der Waals surface area contributed by atoms with Crippen molar-refractivity contribution in [3.8, 4) is 0 Å². The van der Waals surface area contributed by atoms with Crippen molar-refractivity contribution in [2.75, 3.05) is 5.32 Å². The Hall–Kier alpha value is -3.75. The van der Waals surface area contributed by atoms with Gasteiger partial charge in [-0.05, 0) is 72.5 Å². The molecule has 38 heavy (non-hydrogen) atoms. The van der Waals surface area contributed by atoms with Crippen LogP contribution in [0.5, 0.6) is 0 Å². The molecule has 6 nitrogen and oxygen atoms in total. The lowest BCUT2D eigenvalue weighted by molar-refractivity contribution is -0.142. The van der Waals surface area contributed by atoms with E-state index in [-0.39, 0.29) is 5.78 Å². The number of Topliss-reactive ketones (excluding diaryl/α,β-unsaturated/α-hetero) is 1. The van der Waals surface area contributed by atoms with E-state index in [2.05, 4.69) is 5.32 Å². The Kier molecular flexibility index (Phi) is 7.19. The van der Waals surface area contributed by atoms with Crippen LogP contribution in [-0.4, -0.2) is 33.8 Å². The van der Waals surface area contributed by atoms with Crippen LogP contribution in [0.4, 0.5) is 10.5 Å². The summed E-state index contributed by atoms with van der Waals surface area (Å²) in [5, 5.41) is 17.4. The van der Waals surface area contributed by atoms with Crippen LogP contribution in [0.15, 0.2) is 77.5 Å². The highest BCUT2D eigenvalue weighted by Crippen LogP contribution is 2.54. The molecule has 194 valence electrons. The van der Waals surface area contributed by atoms with Crippen molar-refractivity contribution >= 4 is 46.1 Å². The Bertz CT molecular complexity index is 1490. The van der Waals surface area contributed by atoms with Crippen LogP contribution in [0.25, 0.3) is 0 Å². The smallest absolute Gasteiger partial charge is 0.327 e. The summed E-state index contributed by atoms with van der Waals surface area (Å²) < 4.78 is 0. The van der Waals surface area contributed by atoms with Gasteiger partial charge in [0.25, 0.3) is 0 Å².